The minimum atomic E-state index is -0.614. The Kier molecular flexibility index (Phi) is 5.83. The molecule has 1 N–H and O–H groups in total. The van der Waals surface area contributed by atoms with E-state index in [-0.39, 0.29) is 12.6 Å². The normalized spacial score (nSPS) is 14.1. The first-order chi connectivity index (χ1) is 6.79. The Morgan fingerprint density at radius 2 is 2.00 bits per heavy atom. The molecular weight excluding hydrogens is 194 g/mol. The molecule has 0 aliphatic carbocycles. The van der Waals surface area contributed by atoms with Crippen molar-refractivity contribution in [3.8, 4) is 0 Å². The lowest BCUT2D eigenvalue weighted by Crippen LogP contribution is -2.33. The van der Waals surface area contributed by atoms with Crippen LogP contribution < -0.4 is 0 Å². The third-order valence-electron chi connectivity index (χ3n) is 2.42. The molecule has 0 aromatic heterocycles. The van der Waals surface area contributed by atoms with Gasteiger partial charge in [-0.05, 0) is 34.4 Å². The van der Waals surface area contributed by atoms with Crippen molar-refractivity contribution in [1.82, 2.24) is 4.90 Å². The summed E-state index contributed by atoms with van der Waals surface area (Å²) >= 11 is 0. The molecule has 0 saturated heterocycles. The molecule has 1 unspecified atom stereocenters. The highest BCUT2D eigenvalue weighted by atomic mass is 16.5. The van der Waals surface area contributed by atoms with Gasteiger partial charge >= 0.3 is 5.97 Å². The molecule has 0 saturated carbocycles. The predicted octanol–water partition coefficient (Wildman–Crippen LogP) is 0.888. The number of ether oxygens (including phenoxy) is 1. The molecule has 4 nitrogen and oxygen atoms in total. The van der Waals surface area contributed by atoms with Crippen molar-refractivity contribution in [2.75, 3.05) is 27.2 Å². The lowest BCUT2D eigenvalue weighted by atomic mass is 9.91. The van der Waals surface area contributed by atoms with E-state index in [0.29, 0.717) is 6.54 Å². The van der Waals surface area contributed by atoms with Gasteiger partial charge in [-0.3, -0.25) is 4.79 Å². The first-order valence-electron chi connectivity index (χ1n) is 5.29. The Morgan fingerprint density at radius 3 is 2.40 bits per heavy atom. The molecule has 0 aliphatic rings. The second-order valence-corrected chi connectivity index (χ2v) is 4.75. The summed E-state index contributed by atoms with van der Waals surface area (Å²) in [5, 5.41) is 9.49. The quantitative estimate of drug-likeness (QED) is 0.671. The average Bonchev–Trinajstić information content (AvgIpc) is 2.13. The van der Waals surface area contributed by atoms with Crippen molar-refractivity contribution in [1.29, 1.82) is 0 Å². The van der Waals surface area contributed by atoms with E-state index in [2.05, 4.69) is 0 Å². The fraction of sp³-hybridized carbons (Fsp3) is 0.909. The molecule has 15 heavy (non-hydrogen) atoms. The molecular formula is C11H23NO3. The van der Waals surface area contributed by atoms with Gasteiger partial charge in [0.25, 0.3) is 0 Å². The summed E-state index contributed by atoms with van der Waals surface area (Å²) in [6.07, 6.45) is 0.118. The highest BCUT2D eigenvalue weighted by molar-refractivity contribution is 5.75. The third-order valence-corrected chi connectivity index (χ3v) is 2.42. The lowest BCUT2D eigenvalue weighted by Gasteiger charge is -2.22. The molecule has 0 spiro atoms. The number of rotatable bonds is 6. The molecule has 0 radical (unpaired) electrons. The van der Waals surface area contributed by atoms with Crippen molar-refractivity contribution >= 4 is 5.97 Å². The largest absolute Gasteiger partial charge is 0.462 e. The highest BCUT2D eigenvalue weighted by Crippen LogP contribution is 2.21. The Balaban J connectivity index is 3.90. The average molecular weight is 217 g/mol. The van der Waals surface area contributed by atoms with Crippen molar-refractivity contribution < 1.29 is 14.6 Å². The summed E-state index contributed by atoms with van der Waals surface area (Å²) in [6.45, 7) is 6.19. The maximum Gasteiger partial charge on any atom is 0.311 e. The van der Waals surface area contributed by atoms with Crippen molar-refractivity contribution in [3.63, 3.8) is 0 Å². The van der Waals surface area contributed by atoms with Gasteiger partial charge in [-0.2, -0.15) is 0 Å². The Bertz CT molecular complexity index is 202. The molecule has 0 aliphatic heterocycles. The van der Waals surface area contributed by atoms with E-state index >= 15 is 0 Å². The zero-order valence-electron chi connectivity index (χ0n) is 10.4. The van der Waals surface area contributed by atoms with Crippen LogP contribution in [0, 0.1) is 5.41 Å². The van der Waals surface area contributed by atoms with Gasteiger partial charge < -0.3 is 14.7 Å². The van der Waals surface area contributed by atoms with E-state index < -0.39 is 11.5 Å². The number of carbonyl (C=O) groups is 1. The number of hydrogen-bond acceptors (Lipinski definition) is 4. The van der Waals surface area contributed by atoms with Crippen molar-refractivity contribution in [2.45, 2.75) is 33.3 Å². The molecule has 0 fully saturated rings. The van der Waals surface area contributed by atoms with Crippen LogP contribution in [0.4, 0.5) is 0 Å². The van der Waals surface area contributed by atoms with Gasteiger partial charge in [-0.25, -0.2) is 0 Å². The van der Waals surface area contributed by atoms with Crippen molar-refractivity contribution in [2.24, 2.45) is 5.41 Å². The summed E-state index contributed by atoms with van der Waals surface area (Å²) in [6, 6.07) is 0. The Morgan fingerprint density at radius 1 is 1.47 bits per heavy atom. The van der Waals surface area contributed by atoms with Gasteiger partial charge in [0.1, 0.15) is 12.7 Å². The van der Waals surface area contributed by atoms with E-state index in [1.807, 2.05) is 39.8 Å². The third kappa shape index (κ3) is 5.74. The van der Waals surface area contributed by atoms with Crippen LogP contribution >= 0.6 is 0 Å². The Hall–Kier alpha value is -0.610. The fourth-order valence-corrected chi connectivity index (χ4v) is 0.986. The highest BCUT2D eigenvalue weighted by Gasteiger charge is 2.27. The van der Waals surface area contributed by atoms with E-state index in [1.165, 1.54) is 0 Å². The van der Waals surface area contributed by atoms with Gasteiger partial charge in [-0.15, -0.1) is 0 Å². The molecule has 1 atom stereocenters. The maximum atomic E-state index is 11.5. The van der Waals surface area contributed by atoms with E-state index in [9.17, 15) is 9.90 Å². The number of aliphatic hydroxyl groups excluding tert-OH is 1. The standard InChI is InChI=1S/C11H23NO3/c1-6-11(2,3)10(14)15-8-9(13)7-12(4)5/h9,13H,6-8H2,1-5H3. The van der Waals surface area contributed by atoms with E-state index in [1.54, 1.807) is 0 Å². The SMILES string of the molecule is CCC(C)(C)C(=O)OCC(O)CN(C)C. The number of hydrogen-bond donors (Lipinski definition) is 1. The molecule has 0 amide bonds. The molecule has 0 heterocycles. The zero-order valence-corrected chi connectivity index (χ0v) is 10.4. The van der Waals surface area contributed by atoms with Gasteiger partial charge in [-0.1, -0.05) is 6.92 Å². The smallest absolute Gasteiger partial charge is 0.311 e. The van der Waals surface area contributed by atoms with Crippen LogP contribution in [0.3, 0.4) is 0 Å². The number of aliphatic hydroxyl groups is 1. The zero-order chi connectivity index (χ0) is 12.1. The Labute approximate surface area is 92.2 Å². The van der Waals surface area contributed by atoms with Crippen LogP contribution in [0.1, 0.15) is 27.2 Å². The van der Waals surface area contributed by atoms with Gasteiger partial charge in [0.15, 0.2) is 0 Å². The fourth-order valence-electron chi connectivity index (χ4n) is 0.986. The molecule has 90 valence electrons. The maximum absolute atomic E-state index is 11.5. The molecule has 0 bridgehead atoms. The van der Waals surface area contributed by atoms with Crippen LogP contribution in [-0.2, 0) is 9.53 Å². The first kappa shape index (κ1) is 14.4. The molecule has 0 rings (SSSR count). The molecule has 0 aromatic rings. The van der Waals surface area contributed by atoms with Crippen LogP contribution in [0.25, 0.3) is 0 Å². The van der Waals surface area contributed by atoms with Gasteiger partial charge in [0.2, 0.25) is 0 Å². The summed E-state index contributed by atoms with van der Waals surface area (Å²) in [5.41, 5.74) is -0.460. The van der Waals surface area contributed by atoms with Crippen LogP contribution in [0.15, 0.2) is 0 Å². The first-order valence-corrected chi connectivity index (χ1v) is 5.29. The number of esters is 1. The van der Waals surface area contributed by atoms with Gasteiger partial charge in [0, 0.05) is 6.54 Å². The summed E-state index contributed by atoms with van der Waals surface area (Å²) in [7, 11) is 3.72. The number of nitrogens with zero attached hydrogens (tertiary/aromatic N) is 1. The van der Waals surface area contributed by atoms with Crippen LogP contribution in [0.2, 0.25) is 0 Å². The second-order valence-electron chi connectivity index (χ2n) is 4.75. The minimum absolute atomic E-state index is 0.0699. The van der Waals surface area contributed by atoms with Crippen LogP contribution in [0.5, 0.6) is 0 Å². The lowest BCUT2D eigenvalue weighted by molar-refractivity contribution is -0.157. The second kappa shape index (κ2) is 6.08. The summed E-state index contributed by atoms with van der Waals surface area (Å²) in [4.78, 5) is 13.4. The van der Waals surface area contributed by atoms with Crippen LogP contribution in [-0.4, -0.2) is 49.3 Å². The van der Waals surface area contributed by atoms with E-state index in [0.717, 1.165) is 6.42 Å². The molecule has 4 heteroatoms. The van der Waals surface area contributed by atoms with Crippen molar-refractivity contribution in [3.05, 3.63) is 0 Å². The number of carbonyl (C=O) groups excluding carboxylic acids is 1. The monoisotopic (exact) mass is 217 g/mol. The minimum Gasteiger partial charge on any atom is -0.462 e. The van der Waals surface area contributed by atoms with Gasteiger partial charge in [0.05, 0.1) is 5.41 Å². The number of likely N-dealkylation sites (N-methyl/N-ethyl adjacent to an activating group) is 1. The predicted molar refractivity (Wildman–Crippen MR) is 59.6 cm³/mol. The topological polar surface area (TPSA) is 49.8 Å². The summed E-state index contributed by atoms with van der Waals surface area (Å²) in [5.74, 6) is -0.247. The van der Waals surface area contributed by atoms with E-state index in [4.69, 9.17) is 4.74 Å². The molecule has 0 aromatic carbocycles. The summed E-state index contributed by atoms with van der Waals surface area (Å²) < 4.78 is 5.04.